The van der Waals surface area contributed by atoms with Crippen LogP contribution in [-0.4, -0.2) is 26.7 Å². The summed E-state index contributed by atoms with van der Waals surface area (Å²) in [5.41, 5.74) is 5.79. The van der Waals surface area contributed by atoms with Crippen molar-refractivity contribution in [1.29, 1.82) is 0 Å². The molecule has 0 spiro atoms. The molecule has 0 saturated carbocycles. The number of aryl methyl sites for hydroxylation is 3. The van der Waals surface area contributed by atoms with Crippen molar-refractivity contribution >= 4 is 5.91 Å². The molecular formula is C19H26N4O. The van der Waals surface area contributed by atoms with Crippen LogP contribution in [0.4, 0.5) is 0 Å². The van der Waals surface area contributed by atoms with Crippen LogP contribution in [-0.2, 0) is 25.7 Å². The Hall–Kier alpha value is -2.04. The van der Waals surface area contributed by atoms with Gasteiger partial charge in [0.25, 0.3) is 5.91 Å². The molecule has 2 aromatic heterocycles. The summed E-state index contributed by atoms with van der Waals surface area (Å²) in [6.07, 6.45) is 9.60. The van der Waals surface area contributed by atoms with Gasteiger partial charge in [-0.1, -0.05) is 0 Å². The van der Waals surface area contributed by atoms with Crippen molar-refractivity contribution in [1.82, 2.24) is 20.1 Å². The Morgan fingerprint density at radius 2 is 2.12 bits per heavy atom. The zero-order valence-corrected chi connectivity index (χ0v) is 14.6. The number of hydrogen-bond donors (Lipinski definition) is 2. The highest BCUT2D eigenvalue weighted by atomic mass is 16.1. The lowest BCUT2D eigenvalue weighted by Gasteiger charge is -2.22. The Bertz CT molecular complexity index is 732. The second-order valence-electron chi connectivity index (χ2n) is 7.48. The summed E-state index contributed by atoms with van der Waals surface area (Å²) in [5, 5.41) is 7.90. The van der Waals surface area contributed by atoms with E-state index < -0.39 is 0 Å². The fourth-order valence-electron chi connectivity index (χ4n) is 3.89. The number of nitrogens with zero attached hydrogens (tertiary/aromatic N) is 2. The van der Waals surface area contributed by atoms with Gasteiger partial charge in [0.15, 0.2) is 0 Å². The molecule has 4 rings (SSSR count). The van der Waals surface area contributed by atoms with Crippen molar-refractivity contribution in [2.45, 2.75) is 70.9 Å². The maximum absolute atomic E-state index is 12.6. The fraction of sp³-hybridized carbons (Fsp3) is 0.579. The summed E-state index contributed by atoms with van der Waals surface area (Å²) >= 11 is 0. The average molecular weight is 326 g/mol. The third-order valence-corrected chi connectivity index (χ3v) is 5.32. The third-order valence-electron chi connectivity index (χ3n) is 5.32. The minimum absolute atomic E-state index is 0.0288. The number of H-pyrrole nitrogens is 1. The first-order valence-electron chi connectivity index (χ1n) is 9.18. The van der Waals surface area contributed by atoms with Crippen LogP contribution in [0.1, 0.15) is 72.2 Å². The molecule has 2 aliphatic rings. The summed E-state index contributed by atoms with van der Waals surface area (Å²) in [6.45, 7) is 4.29. The standard InChI is InChI=1S/C19H26N4O/c1-12(2)23-11-14-7-8-15(10-17(14)22-23)20-19(24)18-9-13-5-3-4-6-16(13)21-18/h9,11-12,15,21H,3-8,10H2,1-2H3,(H,20,24). The first-order valence-corrected chi connectivity index (χ1v) is 9.18. The average Bonchev–Trinajstić information content (AvgIpc) is 3.18. The monoisotopic (exact) mass is 326 g/mol. The number of rotatable bonds is 3. The molecule has 0 radical (unpaired) electrons. The second-order valence-corrected chi connectivity index (χ2v) is 7.48. The van der Waals surface area contributed by atoms with Crippen LogP contribution in [0.25, 0.3) is 0 Å². The smallest absolute Gasteiger partial charge is 0.267 e. The van der Waals surface area contributed by atoms with E-state index in [9.17, 15) is 4.79 Å². The molecule has 2 aliphatic carbocycles. The van der Waals surface area contributed by atoms with Gasteiger partial charge in [0.2, 0.25) is 0 Å². The topological polar surface area (TPSA) is 62.7 Å². The van der Waals surface area contributed by atoms with Crippen molar-refractivity contribution in [2.24, 2.45) is 0 Å². The molecule has 5 nitrogen and oxygen atoms in total. The van der Waals surface area contributed by atoms with Gasteiger partial charge in [-0.3, -0.25) is 9.48 Å². The first kappa shape index (κ1) is 15.5. The molecule has 5 heteroatoms. The predicted molar refractivity (Wildman–Crippen MR) is 93.3 cm³/mol. The summed E-state index contributed by atoms with van der Waals surface area (Å²) in [6, 6.07) is 2.61. The SMILES string of the molecule is CC(C)n1cc2c(n1)CC(NC(=O)c1cc3c([nH]1)CCCC3)CC2. The summed E-state index contributed by atoms with van der Waals surface area (Å²) < 4.78 is 2.04. The van der Waals surface area contributed by atoms with Gasteiger partial charge in [-0.25, -0.2) is 0 Å². The van der Waals surface area contributed by atoms with Gasteiger partial charge in [-0.2, -0.15) is 5.10 Å². The van der Waals surface area contributed by atoms with Gasteiger partial charge in [-0.15, -0.1) is 0 Å². The highest BCUT2D eigenvalue weighted by Gasteiger charge is 2.25. The number of aromatic amines is 1. The second kappa shape index (κ2) is 6.11. The van der Waals surface area contributed by atoms with Crippen molar-refractivity contribution in [2.75, 3.05) is 0 Å². The van der Waals surface area contributed by atoms with Crippen LogP contribution < -0.4 is 5.32 Å². The lowest BCUT2D eigenvalue weighted by atomic mass is 9.93. The predicted octanol–water partition coefficient (Wildman–Crippen LogP) is 2.96. The molecule has 0 aliphatic heterocycles. The molecule has 1 amide bonds. The summed E-state index contributed by atoms with van der Waals surface area (Å²) in [4.78, 5) is 15.9. The third kappa shape index (κ3) is 2.87. The Morgan fingerprint density at radius 1 is 1.29 bits per heavy atom. The van der Waals surface area contributed by atoms with Gasteiger partial charge >= 0.3 is 0 Å². The van der Waals surface area contributed by atoms with Crippen LogP contribution >= 0.6 is 0 Å². The Kier molecular flexibility index (Phi) is 3.94. The van der Waals surface area contributed by atoms with E-state index >= 15 is 0 Å². The lowest BCUT2D eigenvalue weighted by molar-refractivity contribution is 0.0929. The maximum Gasteiger partial charge on any atom is 0.267 e. The number of carbonyl (C=O) groups is 1. The van der Waals surface area contributed by atoms with Gasteiger partial charge in [0, 0.05) is 30.4 Å². The number of nitrogens with one attached hydrogen (secondary N) is 2. The molecular weight excluding hydrogens is 300 g/mol. The van der Waals surface area contributed by atoms with E-state index in [4.69, 9.17) is 5.10 Å². The molecule has 2 heterocycles. The summed E-state index contributed by atoms with van der Waals surface area (Å²) in [5.74, 6) is 0.0288. The minimum Gasteiger partial charge on any atom is -0.354 e. The summed E-state index contributed by atoms with van der Waals surface area (Å²) in [7, 11) is 0. The van der Waals surface area contributed by atoms with E-state index in [1.807, 2.05) is 10.7 Å². The number of amides is 1. The lowest BCUT2D eigenvalue weighted by Crippen LogP contribution is -2.39. The highest BCUT2D eigenvalue weighted by Crippen LogP contribution is 2.24. The van der Waals surface area contributed by atoms with Gasteiger partial charge in [0.1, 0.15) is 5.69 Å². The van der Waals surface area contributed by atoms with E-state index in [1.165, 1.54) is 29.7 Å². The largest absolute Gasteiger partial charge is 0.354 e. The molecule has 0 fully saturated rings. The Balaban J connectivity index is 1.44. The van der Waals surface area contributed by atoms with Crippen molar-refractivity contribution < 1.29 is 4.79 Å². The minimum atomic E-state index is 0.0288. The van der Waals surface area contributed by atoms with Crippen LogP contribution in [0.15, 0.2) is 12.3 Å². The molecule has 0 saturated heterocycles. The van der Waals surface area contributed by atoms with E-state index in [1.54, 1.807) is 0 Å². The zero-order valence-electron chi connectivity index (χ0n) is 14.6. The molecule has 0 bridgehead atoms. The van der Waals surface area contributed by atoms with Gasteiger partial charge in [-0.05, 0) is 69.6 Å². The van der Waals surface area contributed by atoms with Crippen LogP contribution in [0.5, 0.6) is 0 Å². The van der Waals surface area contributed by atoms with Crippen molar-refractivity contribution in [3.63, 3.8) is 0 Å². The molecule has 24 heavy (non-hydrogen) atoms. The zero-order chi connectivity index (χ0) is 16.7. The number of aromatic nitrogens is 3. The van der Waals surface area contributed by atoms with Gasteiger partial charge in [0.05, 0.1) is 5.69 Å². The van der Waals surface area contributed by atoms with E-state index in [0.717, 1.165) is 43.5 Å². The normalized spacial score (nSPS) is 19.9. The maximum atomic E-state index is 12.6. The fourth-order valence-corrected chi connectivity index (χ4v) is 3.89. The van der Waals surface area contributed by atoms with Crippen LogP contribution in [0.3, 0.4) is 0 Å². The van der Waals surface area contributed by atoms with E-state index in [-0.39, 0.29) is 11.9 Å². The molecule has 2 N–H and O–H groups in total. The van der Waals surface area contributed by atoms with Crippen LogP contribution in [0.2, 0.25) is 0 Å². The molecule has 1 atom stereocenters. The van der Waals surface area contributed by atoms with Crippen molar-refractivity contribution in [3.8, 4) is 0 Å². The van der Waals surface area contributed by atoms with Crippen LogP contribution in [0, 0.1) is 0 Å². The molecule has 2 aromatic rings. The molecule has 1 unspecified atom stereocenters. The Labute approximate surface area is 142 Å². The first-order chi connectivity index (χ1) is 11.6. The van der Waals surface area contributed by atoms with Crippen molar-refractivity contribution in [3.05, 3.63) is 40.5 Å². The quantitative estimate of drug-likeness (QED) is 0.911. The Morgan fingerprint density at radius 3 is 2.92 bits per heavy atom. The van der Waals surface area contributed by atoms with E-state index in [2.05, 4.69) is 30.3 Å². The number of fused-ring (bicyclic) bond motifs is 2. The molecule has 0 aromatic carbocycles. The number of carbonyl (C=O) groups excluding carboxylic acids is 1. The number of hydrogen-bond acceptors (Lipinski definition) is 2. The van der Waals surface area contributed by atoms with Gasteiger partial charge < -0.3 is 10.3 Å². The highest BCUT2D eigenvalue weighted by molar-refractivity contribution is 5.93. The van der Waals surface area contributed by atoms with E-state index in [0.29, 0.717) is 6.04 Å². The molecule has 128 valence electrons.